The third kappa shape index (κ3) is 7.04. The first-order chi connectivity index (χ1) is 12.4. The lowest BCUT2D eigenvalue weighted by Gasteiger charge is -2.24. The molecule has 1 unspecified atom stereocenters. The predicted molar refractivity (Wildman–Crippen MR) is 105 cm³/mol. The second kappa shape index (κ2) is 9.57. The third-order valence-corrected chi connectivity index (χ3v) is 4.18. The summed E-state index contributed by atoms with van der Waals surface area (Å²) in [7, 11) is 1.75. The minimum Gasteiger partial charge on any atom is -0.376 e. The van der Waals surface area contributed by atoms with Gasteiger partial charge in [-0.3, -0.25) is 9.79 Å². The Balaban J connectivity index is 1.71. The second-order valence-electron chi connectivity index (χ2n) is 7.80. The average molecular weight is 361 g/mol. The van der Waals surface area contributed by atoms with Crippen LogP contribution in [0.5, 0.6) is 0 Å². The number of nitrogens with zero attached hydrogens (tertiary/aromatic N) is 2. The number of aliphatic imine (C=N–C) groups is 1. The summed E-state index contributed by atoms with van der Waals surface area (Å²) in [6, 6.07) is 10.2. The molecule has 2 rings (SSSR count). The van der Waals surface area contributed by atoms with E-state index in [-0.39, 0.29) is 18.0 Å². The maximum absolute atomic E-state index is 12.0. The van der Waals surface area contributed by atoms with Gasteiger partial charge in [0.25, 0.3) is 0 Å². The van der Waals surface area contributed by atoms with Crippen molar-refractivity contribution in [3.05, 3.63) is 35.9 Å². The molecule has 6 nitrogen and oxygen atoms in total. The molecule has 1 aliphatic rings. The number of hydrogen-bond donors (Lipinski definition) is 2. The lowest BCUT2D eigenvalue weighted by atomic mass is 10.1. The van der Waals surface area contributed by atoms with Crippen molar-refractivity contribution in [1.82, 2.24) is 15.5 Å². The zero-order valence-corrected chi connectivity index (χ0v) is 16.4. The molecule has 144 valence electrons. The van der Waals surface area contributed by atoms with Crippen LogP contribution >= 0.6 is 0 Å². The van der Waals surface area contributed by atoms with Crippen LogP contribution in [0.15, 0.2) is 35.3 Å². The summed E-state index contributed by atoms with van der Waals surface area (Å²) >= 11 is 0. The van der Waals surface area contributed by atoms with Gasteiger partial charge in [-0.1, -0.05) is 30.3 Å². The number of carbonyl (C=O) groups is 1. The Morgan fingerprint density at radius 2 is 2.04 bits per heavy atom. The summed E-state index contributed by atoms with van der Waals surface area (Å²) in [6.07, 6.45) is 1.07. The highest BCUT2D eigenvalue weighted by Crippen LogP contribution is 2.17. The van der Waals surface area contributed by atoms with Crippen molar-refractivity contribution < 1.29 is 9.53 Å². The van der Waals surface area contributed by atoms with Gasteiger partial charge in [0, 0.05) is 31.6 Å². The van der Waals surface area contributed by atoms with E-state index in [4.69, 9.17) is 4.74 Å². The molecule has 0 radical (unpaired) electrons. The van der Waals surface area contributed by atoms with Crippen LogP contribution in [0.4, 0.5) is 0 Å². The van der Waals surface area contributed by atoms with Gasteiger partial charge in [-0.2, -0.15) is 0 Å². The van der Waals surface area contributed by atoms with Crippen molar-refractivity contribution in [1.29, 1.82) is 0 Å². The molecule has 1 aromatic carbocycles. The molecule has 1 aliphatic heterocycles. The van der Waals surface area contributed by atoms with Gasteiger partial charge in [0.1, 0.15) is 0 Å². The highest BCUT2D eigenvalue weighted by Gasteiger charge is 2.25. The van der Waals surface area contributed by atoms with E-state index in [2.05, 4.69) is 32.7 Å². The van der Waals surface area contributed by atoms with Gasteiger partial charge < -0.3 is 20.3 Å². The molecule has 2 N–H and O–H groups in total. The van der Waals surface area contributed by atoms with Crippen LogP contribution in [0, 0.1) is 5.92 Å². The summed E-state index contributed by atoms with van der Waals surface area (Å²) in [5.41, 5.74) is 0.974. The van der Waals surface area contributed by atoms with E-state index in [0.717, 1.165) is 32.1 Å². The average Bonchev–Trinajstić information content (AvgIpc) is 3.03. The summed E-state index contributed by atoms with van der Waals surface area (Å²) in [4.78, 5) is 18.5. The minimum absolute atomic E-state index is 0.0272. The first-order valence-corrected chi connectivity index (χ1v) is 9.25. The zero-order valence-electron chi connectivity index (χ0n) is 16.4. The molecular formula is C20H32N4O2. The fourth-order valence-electron chi connectivity index (χ4n) is 3.03. The van der Waals surface area contributed by atoms with Crippen LogP contribution in [0.1, 0.15) is 32.8 Å². The maximum atomic E-state index is 12.0. The third-order valence-electron chi connectivity index (χ3n) is 4.18. The van der Waals surface area contributed by atoms with E-state index in [0.29, 0.717) is 12.5 Å². The molecular weight excluding hydrogens is 328 g/mol. The largest absolute Gasteiger partial charge is 0.376 e. The Hall–Kier alpha value is -2.08. The molecule has 1 amide bonds. The number of benzene rings is 1. The van der Waals surface area contributed by atoms with Gasteiger partial charge in [-0.15, -0.1) is 0 Å². The summed E-state index contributed by atoms with van der Waals surface area (Å²) in [6.45, 7) is 9.37. The number of ether oxygens (including phenoxy) is 1. The fourth-order valence-corrected chi connectivity index (χ4v) is 3.03. The lowest BCUT2D eigenvalue weighted by molar-refractivity contribution is -0.121. The highest BCUT2D eigenvalue weighted by molar-refractivity contribution is 5.86. The number of nitrogens with one attached hydrogen (secondary N) is 2. The van der Waals surface area contributed by atoms with Gasteiger partial charge in [0.15, 0.2) is 5.96 Å². The Morgan fingerprint density at radius 1 is 1.31 bits per heavy atom. The highest BCUT2D eigenvalue weighted by atomic mass is 16.5. The van der Waals surface area contributed by atoms with E-state index in [1.807, 2.05) is 39.0 Å². The number of amides is 1. The maximum Gasteiger partial charge on any atom is 0.239 e. The van der Waals surface area contributed by atoms with Gasteiger partial charge in [0.2, 0.25) is 5.91 Å². The van der Waals surface area contributed by atoms with Crippen molar-refractivity contribution in [3.8, 4) is 0 Å². The first kappa shape index (κ1) is 20.2. The standard InChI is InChI=1S/C20H32N4O2/c1-20(2,3)23-18(25)12-22-19(21-4)24-11-10-17(13-24)15-26-14-16-8-6-5-7-9-16/h5-9,17H,10-15H2,1-4H3,(H,21,22)(H,23,25). The number of carbonyl (C=O) groups excluding carboxylic acids is 1. The summed E-state index contributed by atoms with van der Waals surface area (Å²) in [5.74, 6) is 1.24. The van der Waals surface area contributed by atoms with E-state index >= 15 is 0 Å². The Morgan fingerprint density at radius 3 is 2.69 bits per heavy atom. The smallest absolute Gasteiger partial charge is 0.239 e. The summed E-state index contributed by atoms with van der Waals surface area (Å²) < 4.78 is 5.87. The zero-order chi connectivity index (χ0) is 19.0. The molecule has 0 aliphatic carbocycles. The Labute approximate surface area is 157 Å². The van der Waals surface area contributed by atoms with Crippen molar-refractivity contribution >= 4 is 11.9 Å². The fraction of sp³-hybridized carbons (Fsp3) is 0.600. The number of likely N-dealkylation sites (tertiary alicyclic amines) is 1. The number of rotatable bonds is 6. The van der Waals surface area contributed by atoms with Crippen LogP contribution in [0.2, 0.25) is 0 Å². The lowest BCUT2D eigenvalue weighted by Crippen LogP contribution is -2.48. The van der Waals surface area contributed by atoms with Crippen molar-refractivity contribution in [2.24, 2.45) is 10.9 Å². The molecule has 0 bridgehead atoms. The SMILES string of the molecule is CN=C(NCC(=O)NC(C)(C)C)N1CCC(COCc2ccccc2)C1. The predicted octanol–water partition coefficient (Wildman–Crippen LogP) is 2.02. The molecule has 1 fully saturated rings. The van der Waals surface area contributed by atoms with E-state index in [1.165, 1.54) is 5.56 Å². The van der Waals surface area contributed by atoms with Gasteiger partial charge >= 0.3 is 0 Å². The van der Waals surface area contributed by atoms with Gasteiger partial charge in [-0.05, 0) is 32.8 Å². The first-order valence-electron chi connectivity index (χ1n) is 9.25. The molecule has 1 aromatic rings. The normalized spacial score (nSPS) is 18.1. The molecule has 1 atom stereocenters. The topological polar surface area (TPSA) is 66.0 Å². The van der Waals surface area contributed by atoms with Gasteiger partial charge in [-0.25, -0.2) is 0 Å². The van der Waals surface area contributed by atoms with Crippen LogP contribution in [-0.4, -0.2) is 55.6 Å². The number of guanidine groups is 1. The minimum atomic E-state index is -0.225. The quantitative estimate of drug-likeness (QED) is 0.602. The monoisotopic (exact) mass is 360 g/mol. The van der Waals surface area contributed by atoms with Crippen LogP contribution in [0.3, 0.4) is 0 Å². The molecule has 1 heterocycles. The van der Waals surface area contributed by atoms with E-state index < -0.39 is 0 Å². The Bertz CT molecular complexity index is 596. The van der Waals surface area contributed by atoms with Crippen molar-refractivity contribution in [2.75, 3.05) is 33.3 Å². The van der Waals surface area contributed by atoms with Crippen LogP contribution in [-0.2, 0) is 16.1 Å². The molecule has 1 saturated heterocycles. The molecule has 0 spiro atoms. The molecule has 0 aromatic heterocycles. The van der Waals surface area contributed by atoms with E-state index in [9.17, 15) is 4.79 Å². The number of hydrogen-bond acceptors (Lipinski definition) is 3. The Kier molecular flexibility index (Phi) is 7.45. The van der Waals surface area contributed by atoms with Crippen LogP contribution in [0.25, 0.3) is 0 Å². The van der Waals surface area contributed by atoms with Crippen molar-refractivity contribution in [2.45, 2.75) is 39.3 Å². The van der Waals surface area contributed by atoms with Crippen molar-refractivity contribution in [3.63, 3.8) is 0 Å². The molecule has 0 saturated carbocycles. The van der Waals surface area contributed by atoms with Gasteiger partial charge in [0.05, 0.1) is 19.8 Å². The summed E-state index contributed by atoms with van der Waals surface area (Å²) in [5, 5.41) is 6.11. The van der Waals surface area contributed by atoms with Crippen LogP contribution < -0.4 is 10.6 Å². The second-order valence-corrected chi connectivity index (χ2v) is 7.80. The molecule has 6 heteroatoms. The van der Waals surface area contributed by atoms with E-state index in [1.54, 1.807) is 7.05 Å². The molecule has 26 heavy (non-hydrogen) atoms.